The topological polar surface area (TPSA) is 188 Å². The van der Waals surface area contributed by atoms with Crippen LogP contribution in [0, 0.1) is 0 Å². The molecule has 3 aromatic carbocycles. The molecule has 0 spiro atoms. The minimum absolute atomic E-state index is 0.0337. The van der Waals surface area contributed by atoms with Gasteiger partial charge in [-0.1, -0.05) is 18.2 Å². The highest BCUT2D eigenvalue weighted by Gasteiger charge is 2.44. The van der Waals surface area contributed by atoms with Crippen molar-refractivity contribution in [2.45, 2.75) is 44.4 Å². The van der Waals surface area contributed by atoms with Gasteiger partial charge in [0.15, 0.2) is 11.6 Å². The highest BCUT2D eigenvalue weighted by atomic mass is 19.4. The van der Waals surface area contributed by atoms with Gasteiger partial charge >= 0.3 is 6.18 Å². The standard InChI is InChI=1S/C42H36F3N7O8/c43-42(44,45)28-3-1-2-24(16-28)17-37(54)51-11-10-25-18-30(5-7-33(25)51)60-35-19-26(21-47-38(35)46)27-22-48-50(23-27)12-13-58-14-15-59-29-4-6-31-32(20-29)41(57)52(40(31)56)34-8-9-36(53)49-39(34)55/h1-7,16,18-23,34H,8-15,17H2,(H2,46,47)(H,49,53,55). The summed E-state index contributed by atoms with van der Waals surface area (Å²) in [6.45, 7) is 1.50. The van der Waals surface area contributed by atoms with E-state index in [1.807, 2.05) is 6.20 Å². The fraction of sp³-hybridized carbons (Fsp3) is 0.262. The number of pyridine rings is 1. The molecule has 1 saturated heterocycles. The maximum atomic E-state index is 13.2. The first-order chi connectivity index (χ1) is 28.8. The second kappa shape index (κ2) is 16.3. The Bertz CT molecular complexity index is 2540. The van der Waals surface area contributed by atoms with Crippen LogP contribution < -0.4 is 25.4 Å². The Morgan fingerprint density at radius 1 is 0.883 bits per heavy atom. The van der Waals surface area contributed by atoms with E-state index in [0.29, 0.717) is 54.6 Å². The van der Waals surface area contributed by atoms with Crippen LogP contribution in [0.25, 0.3) is 11.1 Å². The van der Waals surface area contributed by atoms with Crippen LogP contribution in [0.2, 0.25) is 0 Å². The number of hydrogen-bond donors (Lipinski definition) is 2. The number of anilines is 2. The Hall–Kier alpha value is -7.08. The van der Waals surface area contributed by atoms with Gasteiger partial charge in [0.1, 0.15) is 24.1 Å². The molecule has 8 rings (SSSR count). The van der Waals surface area contributed by atoms with E-state index in [9.17, 15) is 37.1 Å². The van der Waals surface area contributed by atoms with E-state index >= 15 is 0 Å². The molecule has 5 aromatic rings. The predicted molar refractivity (Wildman–Crippen MR) is 207 cm³/mol. The van der Waals surface area contributed by atoms with Crippen LogP contribution in [0.3, 0.4) is 0 Å². The lowest BCUT2D eigenvalue weighted by Gasteiger charge is -2.27. The number of benzene rings is 3. The largest absolute Gasteiger partial charge is 0.491 e. The fourth-order valence-corrected chi connectivity index (χ4v) is 7.30. The van der Waals surface area contributed by atoms with Gasteiger partial charge in [0.05, 0.1) is 49.1 Å². The van der Waals surface area contributed by atoms with Gasteiger partial charge in [0.25, 0.3) is 11.8 Å². The number of aromatic nitrogens is 3. The second-order valence-corrected chi connectivity index (χ2v) is 14.3. The van der Waals surface area contributed by atoms with E-state index in [4.69, 9.17) is 19.9 Å². The normalized spacial score (nSPS) is 16.2. The molecule has 3 aliphatic rings. The summed E-state index contributed by atoms with van der Waals surface area (Å²) in [7, 11) is 0. The highest BCUT2D eigenvalue weighted by Crippen LogP contribution is 2.37. The molecule has 60 heavy (non-hydrogen) atoms. The second-order valence-electron chi connectivity index (χ2n) is 14.3. The average Bonchev–Trinajstić information content (AvgIpc) is 3.93. The predicted octanol–water partition coefficient (Wildman–Crippen LogP) is 4.97. The van der Waals surface area contributed by atoms with Crippen LogP contribution in [0.1, 0.15) is 50.2 Å². The monoisotopic (exact) mass is 823 g/mol. The Morgan fingerprint density at radius 3 is 2.52 bits per heavy atom. The third-order valence-electron chi connectivity index (χ3n) is 10.3. The van der Waals surface area contributed by atoms with E-state index in [0.717, 1.165) is 28.2 Å². The molecule has 1 fully saturated rings. The minimum Gasteiger partial charge on any atom is -0.491 e. The minimum atomic E-state index is -4.49. The first kappa shape index (κ1) is 39.7. The summed E-state index contributed by atoms with van der Waals surface area (Å²) in [4.78, 5) is 69.7. The Kier molecular flexibility index (Phi) is 10.8. The van der Waals surface area contributed by atoms with Crippen LogP contribution in [-0.2, 0) is 44.7 Å². The van der Waals surface area contributed by atoms with Gasteiger partial charge in [-0.3, -0.25) is 38.9 Å². The molecule has 3 N–H and O–H groups in total. The number of ether oxygens (including phenoxy) is 3. The number of nitrogens with zero attached hydrogens (tertiary/aromatic N) is 5. The third kappa shape index (κ3) is 8.26. The Labute approximate surface area is 339 Å². The number of fused-ring (bicyclic) bond motifs is 2. The first-order valence-electron chi connectivity index (χ1n) is 18.9. The molecule has 0 radical (unpaired) electrons. The maximum Gasteiger partial charge on any atom is 0.416 e. The number of amides is 5. The molecule has 2 aromatic heterocycles. The molecular formula is C42H36F3N7O8. The van der Waals surface area contributed by atoms with E-state index < -0.39 is 41.4 Å². The number of nitrogen functional groups attached to an aromatic ring is 1. The van der Waals surface area contributed by atoms with Crippen molar-refractivity contribution in [3.05, 3.63) is 113 Å². The van der Waals surface area contributed by atoms with Crippen molar-refractivity contribution in [2.24, 2.45) is 0 Å². The lowest BCUT2D eigenvalue weighted by atomic mass is 10.0. The lowest BCUT2D eigenvalue weighted by molar-refractivity contribution is -0.138. The summed E-state index contributed by atoms with van der Waals surface area (Å²) < 4.78 is 58.8. The van der Waals surface area contributed by atoms with Crippen LogP contribution in [-0.4, -0.2) is 81.6 Å². The molecule has 0 saturated carbocycles. The summed E-state index contributed by atoms with van der Waals surface area (Å²) in [5.41, 5.74) is 8.89. The molecule has 0 aliphatic carbocycles. The number of alkyl halides is 3. The van der Waals surface area contributed by atoms with Crippen LogP contribution in [0.4, 0.5) is 24.7 Å². The number of piperidine rings is 1. The van der Waals surface area contributed by atoms with Crippen molar-refractivity contribution < 1.29 is 51.4 Å². The van der Waals surface area contributed by atoms with Crippen molar-refractivity contribution in [3.8, 4) is 28.4 Å². The van der Waals surface area contributed by atoms with Gasteiger partial charge < -0.3 is 24.8 Å². The zero-order valence-electron chi connectivity index (χ0n) is 31.7. The molecule has 5 amide bonds. The van der Waals surface area contributed by atoms with E-state index in [1.54, 1.807) is 52.3 Å². The van der Waals surface area contributed by atoms with Crippen molar-refractivity contribution in [1.82, 2.24) is 25.0 Å². The van der Waals surface area contributed by atoms with Gasteiger partial charge in [-0.15, -0.1) is 0 Å². The van der Waals surface area contributed by atoms with Crippen molar-refractivity contribution in [3.63, 3.8) is 0 Å². The first-order valence-corrected chi connectivity index (χ1v) is 18.9. The van der Waals surface area contributed by atoms with Crippen molar-refractivity contribution in [2.75, 3.05) is 37.0 Å². The van der Waals surface area contributed by atoms with E-state index in [1.165, 1.54) is 24.3 Å². The molecule has 308 valence electrons. The van der Waals surface area contributed by atoms with Gasteiger partial charge in [-0.25, -0.2) is 4.98 Å². The number of imide groups is 2. The highest BCUT2D eigenvalue weighted by molar-refractivity contribution is 6.23. The molecule has 18 heteroatoms. The summed E-state index contributed by atoms with van der Waals surface area (Å²) in [5, 5.41) is 6.58. The van der Waals surface area contributed by atoms with Gasteiger partial charge in [-0.2, -0.15) is 18.3 Å². The van der Waals surface area contributed by atoms with Crippen LogP contribution in [0.5, 0.6) is 17.2 Å². The molecule has 1 unspecified atom stereocenters. The number of carbonyl (C=O) groups is 5. The number of nitrogens with one attached hydrogen (secondary N) is 1. The maximum absolute atomic E-state index is 13.2. The molecule has 15 nitrogen and oxygen atoms in total. The van der Waals surface area contributed by atoms with E-state index in [2.05, 4.69) is 15.4 Å². The Morgan fingerprint density at radius 2 is 1.70 bits per heavy atom. The van der Waals surface area contributed by atoms with Gasteiger partial charge in [0.2, 0.25) is 17.7 Å². The SMILES string of the molecule is Nc1ncc(-c2cnn(CCOCCOc3ccc4c(c3)C(=O)N(C3CCC(=O)NC3=O)C4=O)c2)cc1Oc1ccc2c(c1)CCN2C(=O)Cc1cccc(C(F)(F)F)c1. The molecule has 0 bridgehead atoms. The summed E-state index contributed by atoms with van der Waals surface area (Å²) in [6, 6.07) is 15.2. The number of rotatable bonds is 13. The molecule has 1 atom stereocenters. The number of nitrogens with two attached hydrogens (primary N) is 1. The molecule has 5 heterocycles. The van der Waals surface area contributed by atoms with Crippen molar-refractivity contribution in [1.29, 1.82) is 0 Å². The van der Waals surface area contributed by atoms with Crippen LogP contribution >= 0.6 is 0 Å². The summed E-state index contributed by atoms with van der Waals surface area (Å²) in [5.74, 6) is -1.35. The molecular weight excluding hydrogens is 787 g/mol. The quantitative estimate of drug-likeness (QED) is 0.121. The van der Waals surface area contributed by atoms with Gasteiger partial charge in [-0.05, 0) is 72.5 Å². The number of hydrogen-bond acceptors (Lipinski definition) is 11. The van der Waals surface area contributed by atoms with Gasteiger partial charge in [0, 0.05) is 42.2 Å². The number of carbonyl (C=O) groups excluding carboxylic acids is 5. The van der Waals surface area contributed by atoms with Crippen molar-refractivity contribution >= 4 is 41.0 Å². The van der Waals surface area contributed by atoms with Crippen LogP contribution in [0.15, 0.2) is 85.3 Å². The number of halogens is 3. The Balaban J connectivity index is 0.810. The average molecular weight is 824 g/mol. The summed E-state index contributed by atoms with van der Waals surface area (Å²) in [6.07, 6.45) is 1.07. The third-order valence-corrected chi connectivity index (χ3v) is 10.3. The fourth-order valence-electron chi connectivity index (χ4n) is 7.30. The summed E-state index contributed by atoms with van der Waals surface area (Å²) >= 11 is 0. The van der Waals surface area contributed by atoms with E-state index in [-0.39, 0.29) is 60.9 Å². The zero-order valence-corrected chi connectivity index (χ0v) is 31.7. The lowest BCUT2D eigenvalue weighted by Crippen LogP contribution is -2.54. The zero-order chi connectivity index (χ0) is 42.1. The smallest absolute Gasteiger partial charge is 0.416 e. The molecule has 3 aliphatic heterocycles.